The summed E-state index contributed by atoms with van der Waals surface area (Å²) in [6.07, 6.45) is 1.56. The van der Waals surface area contributed by atoms with E-state index in [0.29, 0.717) is 5.75 Å². The van der Waals surface area contributed by atoms with Crippen molar-refractivity contribution in [2.75, 3.05) is 4.72 Å². The number of hydrogen-bond donors (Lipinski definition) is 1. The minimum absolute atomic E-state index is 0.0305. The molecule has 0 radical (unpaired) electrons. The third-order valence-corrected chi connectivity index (χ3v) is 7.28. The number of aryl methyl sites for hydroxylation is 2. The molecule has 1 aromatic heterocycles. The molecule has 4 rings (SSSR count). The molecular weight excluding hydrogens is 491 g/mol. The number of para-hydroxylation sites is 1. The zero-order valence-corrected chi connectivity index (χ0v) is 20.1. The van der Waals surface area contributed by atoms with Crippen molar-refractivity contribution in [1.29, 1.82) is 0 Å². The lowest BCUT2D eigenvalue weighted by molar-refractivity contribution is 0.482. The van der Waals surface area contributed by atoms with Crippen molar-refractivity contribution >= 4 is 61.4 Å². The summed E-state index contributed by atoms with van der Waals surface area (Å²) in [5, 5.41) is 1.29. The van der Waals surface area contributed by atoms with E-state index in [2.05, 4.69) is 9.71 Å². The lowest BCUT2D eigenvalue weighted by atomic mass is 10.1. The Labute approximate surface area is 201 Å². The number of aromatic nitrogens is 1. The number of nitrogens with zero attached hydrogens (tertiary/aromatic N) is 1. The molecule has 164 valence electrons. The van der Waals surface area contributed by atoms with Crippen LogP contribution in [0.2, 0.25) is 15.1 Å². The third kappa shape index (κ3) is 4.64. The molecule has 4 aromatic rings. The highest BCUT2D eigenvalue weighted by atomic mass is 35.5. The fourth-order valence-corrected chi connectivity index (χ4v) is 5.38. The summed E-state index contributed by atoms with van der Waals surface area (Å²) in [4.78, 5) is 4.31. The summed E-state index contributed by atoms with van der Waals surface area (Å²) in [6.45, 7) is 3.67. The average molecular weight is 508 g/mol. The highest BCUT2D eigenvalue weighted by Gasteiger charge is 2.21. The Hall–Kier alpha value is -2.51. The normalized spacial score (nSPS) is 11.5. The van der Waals surface area contributed by atoms with E-state index in [0.717, 1.165) is 22.0 Å². The number of fused-ring (bicyclic) bond motifs is 1. The van der Waals surface area contributed by atoms with E-state index < -0.39 is 10.0 Å². The summed E-state index contributed by atoms with van der Waals surface area (Å²) in [5.41, 5.74) is 2.70. The fourth-order valence-electron chi connectivity index (χ4n) is 3.11. The zero-order valence-electron chi connectivity index (χ0n) is 17.0. The molecule has 0 bridgehead atoms. The van der Waals surface area contributed by atoms with E-state index in [1.54, 1.807) is 12.3 Å². The van der Waals surface area contributed by atoms with Crippen LogP contribution in [-0.4, -0.2) is 13.4 Å². The van der Waals surface area contributed by atoms with Gasteiger partial charge in [-0.3, -0.25) is 9.71 Å². The Kier molecular flexibility index (Phi) is 6.23. The van der Waals surface area contributed by atoms with Gasteiger partial charge in [0.15, 0.2) is 5.75 Å². The van der Waals surface area contributed by atoms with Crippen LogP contribution >= 0.6 is 34.8 Å². The van der Waals surface area contributed by atoms with E-state index in [1.165, 1.54) is 18.2 Å². The van der Waals surface area contributed by atoms with Crippen LogP contribution < -0.4 is 9.46 Å². The van der Waals surface area contributed by atoms with Crippen molar-refractivity contribution in [3.8, 4) is 11.5 Å². The molecule has 0 saturated carbocycles. The summed E-state index contributed by atoms with van der Waals surface area (Å²) >= 11 is 18.9. The number of sulfonamides is 1. The van der Waals surface area contributed by atoms with Gasteiger partial charge >= 0.3 is 0 Å². The number of hydrogen-bond acceptors (Lipinski definition) is 4. The van der Waals surface area contributed by atoms with Crippen LogP contribution in [0.3, 0.4) is 0 Å². The second kappa shape index (κ2) is 8.79. The second-order valence-electron chi connectivity index (χ2n) is 7.21. The molecule has 3 aromatic carbocycles. The van der Waals surface area contributed by atoms with Crippen molar-refractivity contribution < 1.29 is 13.2 Å². The standard InChI is InChI=1S/C23H17Cl3N2O3S/c1-13-7-18(24)22(8-14(13)2)32(29,30)28-16-10-19(25)23(20(26)11-16)31-17-9-15-5-3-4-6-21(15)27-12-17/h3-12,28H,1-2H3. The van der Waals surface area contributed by atoms with Gasteiger partial charge in [0, 0.05) is 5.39 Å². The predicted octanol–water partition coefficient (Wildman–Crippen LogP) is 7.40. The highest BCUT2D eigenvalue weighted by Crippen LogP contribution is 2.40. The minimum atomic E-state index is -3.96. The van der Waals surface area contributed by atoms with Gasteiger partial charge in [-0.1, -0.05) is 53.0 Å². The summed E-state index contributed by atoms with van der Waals surface area (Å²) in [6, 6.07) is 15.4. The van der Waals surface area contributed by atoms with Crippen LogP contribution in [0, 0.1) is 13.8 Å². The van der Waals surface area contributed by atoms with Crippen LogP contribution in [0.1, 0.15) is 11.1 Å². The molecule has 0 spiro atoms. The van der Waals surface area contributed by atoms with Gasteiger partial charge in [-0.15, -0.1) is 0 Å². The smallest absolute Gasteiger partial charge is 0.263 e. The van der Waals surface area contributed by atoms with Crippen molar-refractivity contribution in [3.05, 3.63) is 87.0 Å². The third-order valence-electron chi connectivity index (χ3n) is 4.87. The molecule has 0 saturated heterocycles. The molecule has 0 aliphatic heterocycles. The number of rotatable bonds is 5. The molecule has 0 atom stereocenters. The molecule has 32 heavy (non-hydrogen) atoms. The monoisotopic (exact) mass is 506 g/mol. The van der Waals surface area contributed by atoms with E-state index in [9.17, 15) is 8.42 Å². The maximum absolute atomic E-state index is 12.9. The van der Waals surface area contributed by atoms with Gasteiger partial charge in [0.1, 0.15) is 10.6 Å². The number of nitrogens with one attached hydrogen (secondary N) is 1. The molecule has 0 aliphatic rings. The molecule has 5 nitrogen and oxygen atoms in total. The Balaban J connectivity index is 1.63. The van der Waals surface area contributed by atoms with Crippen molar-refractivity contribution in [1.82, 2.24) is 4.98 Å². The summed E-state index contributed by atoms with van der Waals surface area (Å²) < 4.78 is 34.1. The number of anilines is 1. The second-order valence-corrected chi connectivity index (χ2v) is 10.1. The topological polar surface area (TPSA) is 68.3 Å². The minimum Gasteiger partial charge on any atom is -0.453 e. The summed E-state index contributed by atoms with van der Waals surface area (Å²) in [5.74, 6) is 0.639. The number of ether oxygens (including phenoxy) is 1. The Morgan fingerprint density at radius 3 is 2.25 bits per heavy atom. The SMILES string of the molecule is Cc1cc(Cl)c(S(=O)(=O)Nc2cc(Cl)c(Oc3cnc4ccccc4c3)c(Cl)c2)cc1C. The van der Waals surface area contributed by atoms with E-state index >= 15 is 0 Å². The molecule has 0 unspecified atom stereocenters. The van der Waals surface area contributed by atoms with Gasteiger partial charge in [0.05, 0.1) is 32.5 Å². The van der Waals surface area contributed by atoms with Crippen molar-refractivity contribution in [3.63, 3.8) is 0 Å². The maximum atomic E-state index is 12.9. The van der Waals surface area contributed by atoms with Gasteiger partial charge in [-0.25, -0.2) is 8.42 Å². The van der Waals surface area contributed by atoms with E-state index in [-0.39, 0.29) is 31.4 Å². The average Bonchev–Trinajstić information content (AvgIpc) is 2.73. The van der Waals surface area contributed by atoms with E-state index in [4.69, 9.17) is 39.5 Å². The van der Waals surface area contributed by atoms with Gasteiger partial charge in [0.25, 0.3) is 10.0 Å². The first kappa shape index (κ1) is 22.7. The molecule has 0 aliphatic carbocycles. The molecule has 0 fully saturated rings. The first-order valence-corrected chi connectivity index (χ1v) is 12.1. The van der Waals surface area contributed by atoms with Gasteiger partial charge in [-0.2, -0.15) is 0 Å². The molecule has 1 heterocycles. The maximum Gasteiger partial charge on any atom is 0.263 e. The Bertz CT molecular complexity index is 1430. The van der Waals surface area contributed by atoms with Crippen LogP contribution in [0.5, 0.6) is 11.5 Å². The Morgan fingerprint density at radius 2 is 1.53 bits per heavy atom. The lowest BCUT2D eigenvalue weighted by Gasteiger charge is -2.14. The van der Waals surface area contributed by atoms with Crippen LogP contribution in [-0.2, 0) is 10.0 Å². The number of pyridine rings is 1. The van der Waals surface area contributed by atoms with Crippen molar-refractivity contribution in [2.45, 2.75) is 18.7 Å². The van der Waals surface area contributed by atoms with E-state index in [1.807, 2.05) is 44.2 Å². The quantitative estimate of drug-likeness (QED) is 0.305. The first-order valence-electron chi connectivity index (χ1n) is 9.45. The van der Waals surface area contributed by atoms with Gasteiger partial charge in [-0.05, 0) is 61.4 Å². The summed E-state index contributed by atoms with van der Waals surface area (Å²) in [7, 11) is -3.96. The largest absolute Gasteiger partial charge is 0.453 e. The first-order chi connectivity index (χ1) is 15.1. The molecule has 9 heteroatoms. The van der Waals surface area contributed by atoms with Crippen LogP contribution in [0.4, 0.5) is 5.69 Å². The van der Waals surface area contributed by atoms with Crippen molar-refractivity contribution in [2.24, 2.45) is 0 Å². The van der Waals surface area contributed by atoms with Crippen LogP contribution in [0.15, 0.2) is 65.7 Å². The van der Waals surface area contributed by atoms with Gasteiger partial charge < -0.3 is 4.74 Å². The lowest BCUT2D eigenvalue weighted by Crippen LogP contribution is -2.14. The zero-order chi connectivity index (χ0) is 23.0. The predicted molar refractivity (Wildman–Crippen MR) is 130 cm³/mol. The number of halogens is 3. The Morgan fingerprint density at radius 1 is 0.875 bits per heavy atom. The number of benzene rings is 3. The van der Waals surface area contributed by atoms with Gasteiger partial charge in [0.2, 0.25) is 0 Å². The fraction of sp³-hybridized carbons (Fsp3) is 0.0870. The van der Waals surface area contributed by atoms with Crippen LogP contribution in [0.25, 0.3) is 10.9 Å². The molecule has 1 N–H and O–H groups in total. The molecular formula is C23H17Cl3N2O3S. The highest BCUT2D eigenvalue weighted by molar-refractivity contribution is 7.92. The molecule has 0 amide bonds.